The van der Waals surface area contributed by atoms with Gasteiger partial charge < -0.3 is 10.1 Å². The molecule has 4 rings (SSSR count). The third-order valence-electron chi connectivity index (χ3n) is 4.50. The van der Waals surface area contributed by atoms with E-state index in [0.29, 0.717) is 5.75 Å². The van der Waals surface area contributed by atoms with Crippen molar-refractivity contribution in [2.75, 3.05) is 18.2 Å². The van der Waals surface area contributed by atoms with Gasteiger partial charge in [-0.25, -0.2) is 0 Å². The summed E-state index contributed by atoms with van der Waals surface area (Å²) in [6, 6.07) is 7.84. The van der Waals surface area contributed by atoms with Gasteiger partial charge in [-0.05, 0) is 31.2 Å². The molecule has 1 atom stereocenters. The van der Waals surface area contributed by atoms with E-state index in [2.05, 4.69) is 20.6 Å². The number of hydrogen-bond acceptors (Lipinski definition) is 5. The lowest BCUT2D eigenvalue weighted by atomic mass is 10.0. The van der Waals surface area contributed by atoms with Crippen LogP contribution in [-0.2, 0) is 11.8 Å². The van der Waals surface area contributed by atoms with Gasteiger partial charge in [-0.15, -0.1) is 11.8 Å². The molecule has 0 aliphatic carbocycles. The molecule has 3 aromatic rings. The fraction of sp³-hybridized carbons (Fsp3) is 0.278. The molecular formula is C18H19N5O2S. The second-order valence-electron chi connectivity index (χ2n) is 6.14. The van der Waals surface area contributed by atoms with Gasteiger partial charge in [-0.1, -0.05) is 0 Å². The molecule has 26 heavy (non-hydrogen) atoms. The number of aromatic nitrogens is 4. The Morgan fingerprint density at radius 2 is 2.08 bits per heavy atom. The number of carbonyl (C=O) groups excluding carboxylic acids is 1. The number of hydrogen-bond donors (Lipinski definition) is 2. The molecule has 0 unspecified atom stereocenters. The van der Waals surface area contributed by atoms with Gasteiger partial charge in [-0.3, -0.25) is 14.6 Å². The number of fused-ring (bicyclic) bond motifs is 1. The van der Waals surface area contributed by atoms with Crippen LogP contribution in [0, 0.1) is 6.92 Å². The number of amides is 1. The smallest absolute Gasteiger partial charge is 0.235 e. The monoisotopic (exact) mass is 369 g/mol. The van der Waals surface area contributed by atoms with E-state index in [1.807, 2.05) is 44.4 Å². The number of nitrogens with zero attached hydrogens (tertiary/aromatic N) is 3. The van der Waals surface area contributed by atoms with Crippen LogP contribution in [0.15, 0.2) is 30.5 Å². The molecule has 0 radical (unpaired) electrons. The zero-order chi connectivity index (χ0) is 18.3. The van der Waals surface area contributed by atoms with E-state index >= 15 is 0 Å². The van der Waals surface area contributed by atoms with Crippen molar-refractivity contribution < 1.29 is 9.53 Å². The van der Waals surface area contributed by atoms with Crippen LogP contribution < -0.4 is 10.1 Å². The van der Waals surface area contributed by atoms with E-state index in [-0.39, 0.29) is 11.2 Å². The van der Waals surface area contributed by atoms with E-state index in [0.717, 1.165) is 39.6 Å². The number of benzene rings is 1. The Kier molecular flexibility index (Phi) is 4.20. The Balaban J connectivity index is 1.81. The molecule has 0 fully saturated rings. The highest BCUT2D eigenvalue weighted by molar-refractivity contribution is 8.00. The SMILES string of the molecule is COc1ccc(-c2[nH]ncc2[C@H]2SCC(=O)Nc3c2c(C)nn3C)cc1. The minimum absolute atomic E-state index is 0.0174. The summed E-state index contributed by atoms with van der Waals surface area (Å²) in [6.45, 7) is 1.97. The predicted molar refractivity (Wildman–Crippen MR) is 101 cm³/mol. The Morgan fingerprint density at radius 1 is 1.31 bits per heavy atom. The average molecular weight is 369 g/mol. The van der Waals surface area contributed by atoms with E-state index in [1.54, 1.807) is 23.6 Å². The largest absolute Gasteiger partial charge is 0.497 e. The van der Waals surface area contributed by atoms with E-state index in [4.69, 9.17) is 4.74 Å². The van der Waals surface area contributed by atoms with Crippen molar-refractivity contribution in [2.45, 2.75) is 12.2 Å². The second-order valence-corrected chi connectivity index (χ2v) is 7.23. The molecule has 1 aliphatic rings. The number of aryl methyl sites for hydroxylation is 2. The normalized spacial score (nSPS) is 16.7. The summed E-state index contributed by atoms with van der Waals surface area (Å²) in [5.41, 5.74) is 4.93. The van der Waals surface area contributed by atoms with E-state index < -0.39 is 0 Å². The Bertz CT molecular complexity index is 961. The molecule has 1 aliphatic heterocycles. The highest BCUT2D eigenvalue weighted by Crippen LogP contribution is 2.45. The molecule has 134 valence electrons. The van der Waals surface area contributed by atoms with Gasteiger partial charge >= 0.3 is 0 Å². The zero-order valence-electron chi connectivity index (χ0n) is 14.7. The van der Waals surface area contributed by atoms with Crippen molar-refractivity contribution in [1.29, 1.82) is 0 Å². The standard InChI is InChI=1S/C18H19N5O2S/c1-10-15-17(26-9-14(24)20-18(15)23(2)22-10)13-8-19-21-16(13)11-4-6-12(25-3)7-5-11/h4-8,17H,9H2,1-3H3,(H,19,21)(H,20,24)/t17-/m1/s1. The van der Waals surface area contributed by atoms with Crippen LogP contribution in [0.3, 0.4) is 0 Å². The molecule has 0 spiro atoms. The molecule has 0 saturated heterocycles. The van der Waals surface area contributed by atoms with E-state index in [1.165, 1.54) is 0 Å². The van der Waals surface area contributed by atoms with Crippen molar-refractivity contribution in [2.24, 2.45) is 7.05 Å². The number of H-pyrrole nitrogens is 1. The van der Waals surface area contributed by atoms with Crippen LogP contribution in [0.25, 0.3) is 11.3 Å². The first-order valence-corrected chi connectivity index (χ1v) is 9.26. The van der Waals surface area contributed by atoms with Gasteiger partial charge in [-0.2, -0.15) is 10.2 Å². The van der Waals surface area contributed by atoms with Crippen LogP contribution in [0.5, 0.6) is 5.75 Å². The average Bonchev–Trinajstić information content (AvgIpc) is 3.17. The van der Waals surface area contributed by atoms with Crippen LogP contribution in [-0.4, -0.2) is 38.7 Å². The Morgan fingerprint density at radius 3 is 2.81 bits per heavy atom. The second kappa shape index (κ2) is 6.53. The summed E-state index contributed by atoms with van der Waals surface area (Å²) in [7, 11) is 3.49. The van der Waals surface area contributed by atoms with Crippen molar-refractivity contribution >= 4 is 23.5 Å². The molecule has 8 heteroatoms. The van der Waals surface area contributed by atoms with Crippen molar-refractivity contribution in [3.05, 3.63) is 47.3 Å². The molecule has 1 aromatic carbocycles. The number of methoxy groups -OCH3 is 1. The zero-order valence-corrected chi connectivity index (χ0v) is 15.6. The molecule has 7 nitrogen and oxygen atoms in total. The fourth-order valence-electron chi connectivity index (χ4n) is 3.28. The first kappa shape index (κ1) is 16.7. The summed E-state index contributed by atoms with van der Waals surface area (Å²) in [5.74, 6) is 1.92. The van der Waals surface area contributed by atoms with Gasteiger partial charge in [0.25, 0.3) is 0 Å². The number of ether oxygens (including phenoxy) is 1. The summed E-state index contributed by atoms with van der Waals surface area (Å²) in [5, 5.41) is 14.8. The Hall–Kier alpha value is -2.74. The number of carbonyl (C=O) groups is 1. The van der Waals surface area contributed by atoms with Gasteiger partial charge in [0.15, 0.2) is 0 Å². The van der Waals surface area contributed by atoms with Gasteiger partial charge in [0, 0.05) is 23.7 Å². The molecule has 2 N–H and O–H groups in total. The summed E-state index contributed by atoms with van der Waals surface area (Å²) >= 11 is 1.59. The topological polar surface area (TPSA) is 84.8 Å². The van der Waals surface area contributed by atoms with Crippen LogP contribution in [0.1, 0.15) is 22.1 Å². The fourth-order valence-corrected chi connectivity index (χ4v) is 4.47. The molecule has 3 heterocycles. The van der Waals surface area contributed by atoms with Gasteiger partial charge in [0.05, 0.1) is 35.7 Å². The lowest BCUT2D eigenvalue weighted by molar-refractivity contribution is -0.113. The number of aromatic amines is 1. The summed E-state index contributed by atoms with van der Waals surface area (Å²) in [4.78, 5) is 12.1. The minimum atomic E-state index is -0.0338. The number of rotatable bonds is 3. The summed E-state index contributed by atoms with van der Waals surface area (Å²) in [6.07, 6.45) is 1.84. The van der Waals surface area contributed by atoms with Crippen LogP contribution in [0.4, 0.5) is 5.82 Å². The number of nitrogens with one attached hydrogen (secondary N) is 2. The summed E-state index contributed by atoms with van der Waals surface area (Å²) < 4.78 is 6.97. The quantitative estimate of drug-likeness (QED) is 0.741. The first-order valence-electron chi connectivity index (χ1n) is 8.21. The molecule has 0 bridgehead atoms. The van der Waals surface area contributed by atoms with Crippen molar-refractivity contribution in [1.82, 2.24) is 20.0 Å². The number of anilines is 1. The predicted octanol–water partition coefficient (Wildman–Crippen LogP) is 2.90. The van der Waals surface area contributed by atoms with Gasteiger partial charge in [0.2, 0.25) is 5.91 Å². The highest BCUT2D eigenvalue weighted by atomic mass is 32.2. The molecule has 0 saturated carbocycles. The van der Waals surface area contributed by atoms with Gasteiger partial charge in [0.1, 0.15) is 11.6 Å². The van der Waals surface area contributed by atoms with E-state index in [9.17, 15) is 4.79 Å². The Labute approximate surface area is 155 Å². The minimum Gasteiger partial charge on any atom is -0.497 e. The third kappa shape index (κ3) is 2.76. The van der Waals surface area contributed by atoms with Crippen molar-refractivity contribution in [3.8, 4) is 17.0 Å². The lowest BCUT2D eigenvalue weighted by Gasteiger charge is -2.15. The maximum Gasteiger partial charge on any atom is 0.235 e. The molecular weight excluding hydrogens is 350 g/mol. The van der Waals surface area contributed by atoms with Crippen LogP contribution >= 0.6 is 11.8 Å². The molecule has 2 aromatic heterocycles. The van der Waals surface area contributed by atoms with Crippen LogP contribution in [0.2, 0.25) is 0 Å². The van der Waals surface area contributed by atoms with Crippen molar-refractivity contribution in [3.63, 3.8) is 0 Å². The maximum absolute atomic E-state index is 12.1. The number of thioether (sulfide) groups is 1. The highest BCUT2D eigenvalue weighted by Gasteiger charge is 2.31. The maximum atomic E-state index is 12.1. The third-order valence-corrected chi connectivity index (χ3v) is 5.75. The molecule has 1 amide bonds. The first-order chi connectivity index (χ1) is 12.6. The lowest BCUT2D eigenvalue weighted by Crippen LogP contribution is -2.15.